The summed E-state index contributed by atoms with van der Waals surface area (Å²) in [6.45, 7) is 4.25. The molecule has 0 bridgehead atoms. The minimum Gasteiger partial charge on any atom is -0.506 e. The number of fused-ring (bicyclic) bond motifs is 1. The molecule has 0 radical (unpaired) electrons. The maximum Gasteiger partial charge on any atom is 0.251 e. The summed E-state index contributed by atoms with van der Waals surface area (Å²) in [5.74, 6) is -1.02. The van der Waals surface area contributed by atoms with Gasteiger partial charge in [-0.2, -0.15) is 0 Å². The van der Waals surface area contributed by atoms with Crippen molar-refractivity contribution >= 4 is 29.1 Å². The highest BCUT2D eigenvalue weighted by Gasteiger charge is 2.44. The van der Waals surface area contributed by atoms with Crippen molar-refractivity contribution in [1.29, 1.82) is 0 Å². The van der Waals surface area contributed by atoms with Crippen LogP contribution in [0.15, 0.2) is 114 Å². The number of rotatable bonds is 6. The zero-order valence-corrected chi connectivity index (χ0v) is 24.6. The summed E-state index contributed by atoms with van der Waals surface area (Å²) in [6.07, 6.45) is 3.79. The molecule has 1 aliphatic heterocycles. The van der Waals surface area contributed by atoms with Gasteiger partial charge in [-0.05, 0) is 53.3 Å². The van der Waals surface area contributed by atoms with Crippen LogP contribution in [0.2, 0.25) is 0 Å². The van der Waals surface area contributed by atoms with E-state index in [1.165, 1.54) is 23.1 Å². The monoisotopic (exact) mass is 588 g/mol. The number of carbonyl (C=O) groups excluding carboxylic acids is 2. The first-order valence-corrected chi connectivity index (χ1v) is 14.6. The van der Waals surface area contributed by atoms with E-state index in [-0.39, 0.29) is 41.2 Å². The Morgan fingerprint density at radius 1 is 1.00 bits per heavy atom. The van der Waals surface area contributed by atoms with Crippen LogP contribution in [-0.2, 0) is 16.2 Å². The fraction of sp³-hybridized carbons (Fsp3) is 0.189. The third-order valence-electron chi connectivity index (χ3n) is 7.98. The molecule has 222 valence electrons. The lowest BCUT2D eigenvalue weighted by Gasteiger charge is -2.37. The fourth-order valence-corrected chi connectivity index (χ4v) is 5.95. The summed E-state index contributed by atoms with van der Waals surface area (Å²) < 4.78 is 22.1. The number of nitrogens with one attached hydrogen (secondary N) is 1. The van der Waals surface area contributed by atoms with Crippen LogP contribution in [0.5, 0.6) is 11.5 Å². The Bertz CT molecular complexity index is 1780. The van der Waals surface area contributed by atoms with Gasteiger partial charge in [0.05, 0.1) is 11.7 Å². The van der Waals surface area contributed by atoms with Crippen LogP contribution in [0.25, 0.3) is 6.08 Å². The van der Waals surface area contributed by atoms with Crippen molar-refractivity contribution in [1.82, 2.24) is 0 Å². The van der Waals surface area contributed by atoms with Crippen molar-refractivity contribution in [3.8, 4) is 11.5 Å². The Morgan fingerprint density at radius 3 is 2.45 bits per heavy atom. The Kier molecular flexibility index (Phi) is 7.78. The first kappa shape index (κ1) is 28.9. The number of amides is 1. The van der Waals surface area contributed by atoms with E-state index < -0.39 is 17.8 Å². The average Bonchev–Trinajstić information content (AvgIpc) is 3.15. The first-order chi connectivity index (χ1) is 21.2. The smallest absolute Gasteiger partial charge is 0.251 e. The van der Waals surface area contributed by atoms with Crippen LogP contribution in [0.3, 0.4) is 0 Å². The minimum absolute atomic E-state index is 0.0826. The first-order valence-electron chi connectivity index (χ1n) is 14.6. The van der Waals surface area contributed by atoms with Gasteiger partial charge in [0, 0.05) is 35.4 Å². The van der Waals surface area contributed by atoms with E-state index in [0.29, 0.717) is 29.1 Å². The molecule has 4 aromatic carbocycles. The Labute approximate surface area is 256 Å². The molecule has 0 saturated heterocycles. The molecule has 1 unspecified atom stereocenters. The number of ether oxygens (including phenoxy) is 1. The third kappa shape index (κ3) is 5.86. The number of carbonyl (C=O) groups is 2. The SMILES string of the molecule is CC1(C)CC(=O)C2=C(C1)Nc1c(O)cccc1N(C(=O)/C=C/c1ccccc1)C2c1ccc(OCc2ccccc2)cc1F. The molecule has 6 nitrogen and oxygen atoms in total. The lowest BCUT2D eigenvalue weighted by atomic mass is 9.73. The summed E-state index contributed by atoms with van der Waals surface area (Å²) in [5, 5.41) is 14.2. The number of Topliss-reactive ketones (excluding diaryl/α,β-unsaturated/α-hetero) is 1. The topological polar surface area (TPSA) is 78.9 Å². The highest BCUT2D eigenvalue weighted by atomic mass is 19.1. The second-order valence-electron chi connectivity index (χ2n) is 11.9. The number of anilines is 2. The minimum atomic E-state index is -1.10. The second kappa shape index (κ2) is 11.8. The summed E-state index contributed by atoms with van der Waals surface area (Å²) in [6, 6.07) is 27.2. The molecule has 2 N–H and O–H groups in total. The molecular formula is C37H33FN2O4. The largest absolute Gasteiger partial charge is 0.506 e. The molecule has 2 aliphatic rings. The number of ketones is 1. The van der Waals surface area contributed by atoms with E-state index in [4.69, 9.17) is 4.74 Å². The fourth-order valence-electron chi connectivity index (χ4n) is 5.95. The quantitative estimate of drug-likeness (QED) is 0.176. The van der Waals surface area contributed by atoms with Crippen LogP contribution in [0, 0.1) is 11.2 Å². The summed E-state index contributed by atoms with van der Waals surface area (Å²) in [4.78, 5) is 29.5. The van der Waals surface area contributed by atoms with Gasteiger partial charge in [-0.25, -0.2) is 4.39 Å². The number of para-hydroxylation sites is 1. The summed E-state index contributed by atoms with van der Waals surface area (Å²) in [7, 11) is 0. The lowest BCUT2D eigenvalue weighted by Crippen LogP contribution is -2.39. The molecule has 6 rings (SSSR count). The Morgan fingerprint density at radius 2 is 1.73 bits per heavy atom. The number of aromatic hydroxyl groups is 1. The van der Waals surface area contributed by atoms with Crippen molar-refractivity contribution in [2.45, 2.75) is 39.3 Å². The number of benzene rings is 4. The number of phenols is 1. The van der Waals surface area contributed by atoms with Crippen LogP contribution < -0.4 is 15.0 Å². The predicted molar refractivity (Wildman–Crippen MR) is 170 cm³/mol. The molecule has 1 amide bonds. The van der Waals surface area contributed by atoms with Crippen molar-refractivity contribution in [2.75, 3.05) is 10.2 Å². The van der Waals surface area contributed by atoms with Crippen LogP contribution in [-0.4, -0.2) is 16.8 Å². The molecule has 0 fully saturated rings. The number of halogens is 1. The molecule has 44 heavy (non-hydrogen) atoms. The van der Waals surface area contributed by atoms with E-state index in [2.05, 4.69) is 5.32 Å². The van der Waals surface area contributed by atoms with Gasteiger partial charge in [0.25, 0.3) is 5.91 Å². The molecule has 0 saturated carbocycles. The maximum atomic E-state index is 16.2. The molecule has 0 spiro atoms. The number of phenolic OH excluding ortho intramolecular Hbond substituents is 1. The van der Waals surface area contributed by atoms with Gasteiger partial charge in [0.15, 0.2) is 5.78 Å². The highest BCUT2D eigenvalue weighted by Crippen LogP contribution is 2.50. The standard InChI is InChI=1S/C37H33FN2O4/c1-37(2)21-29-34(32(42)22-37)36(27-18-17-26(20-28(27)38)44-23-25-12-7-4-8-13-25)40(30-14-9-15-31(41)35(30)39-29)33(43)19-16-24-10-5-3-6-11-24/h3-20,36,39,41H,21-23H2,1-2H3/b19-16+. The zero-order valence-electron chi connectivity index (χ0n) is 24.6. The Balaban J connectivity index is 1.49. The van der Waals surface area contributed by atoms with Crippen molar-refractivity contribution in [3.63, 3.8) is 0 Å². The van der Waals surface area contributed by atoms with Gasteiger partial charge in [-0.15, -0.1) is 0 Å². The normalized spacial score (nSPS) is 17.5. The second-order valence-corrected chi connectivity index (χ2v) is 11.9. The van der Waals surface area contributed by atoms with Gasteiger partial charge in [0.1, 0.15) is 29.6 Å². The third-order valence-corrected chi connectivity index (χ3v) is 7.98. The van der Waals surface area contributed by atoms with Crippen molar-refractivity contribution in [3.05, 3.63) is 137 Å². The molecular weight excluding hydrogens is 555 g/mol. The summed E-state index contributed by atoms with van der Waals surface area (Å²) in [5.41, 5.74) is 3.01. The molecule has 0 aromatic heterocycles. The molecule has 1 atom stereocenters. The number of allylic oxidation sites excluding steroid dienone is 1. The van der Waals surface area contributed by atoms with Crippen LogP contribution in [0.1, 0.15) is 49.4 Å². The van der Waals surface area contributed by atoms with Crippen LogP contribution >= 0.6 is 0 Å². The maximum absolute atomic E-state index is 16.2. The van der Waals surface area contributed by atoms with E-state index in [9.17, 15) is 14.7 Å². The summed E-state index contributed by atoms with van der Waals surface area (Å²) >= 11 is 0. The number of hydrogen-bond donors (Lipinski definition) is 2. The van der Waals surface area contributed by atoms with Crippen molar-refractivity contribution < 1.29 is 23.8 Å². The highest BCUT2D eigenvalue weighted by molar-refractivity contribution is 6.11. The van der Waals surface area contributed by atoms with E-state index in [0.717, 1.165) is 11.1 Å². The van der Waals surface area contributed by atoms with Gasteiger partial charge in [0.2, 0.25) is 0 Å². The van der Waals surface area contributed by atoms with Gasteiger partial charge in [-0.3, -0.25) is 14.5 Å². The van der Waals surface area contributed by atoms with E-state index >= 15 is 4.39 Å². The average molecular weight is 589 g/mol. The Hall–Kier alpha value is -5.17. The van der Waals surface area contributed by atoms with Gasteiger partial charge in [-0.1, -0.05) is 80.6 Å². The molecule has 1 heterocycles. The van der Waals surface area contributed by atoms with Gasteiger partial charge >= 0.3 is 0 Å². The van der Waals surface area contributed by atoms with E-state index in [1.807, 2.05) is 74.5 Å². The van der Waals surface area contributed by atoms with Crippen molar-refractivity contribution in [2.24, 2.45) is 5.41 Å². The zero-order chi connectivity index (χ0) is 30.8. The van der Waals surface area contributed by atoms with Gasteiger partial charge < -0.3 is 15.2 Å². The number of hydrogen-bond acceptors (Lipinski definition) is 5. The predicted octanol–water partition coefficient (Wildman–Crippen LogP) is 7.97. The molecule has 4 aromatic rings. The van der Waals surface area contributed by atoms with Crippen LogP contribution in [0.4, 0.5) is 15.8 Å². The lowest BCUT2D eigenvalue weighted by molar-refractivity contribution is -0.118. The molecule has 1 aliphatic carbocycles. The number of nitrogens with zero attached hydrogens (tertiary/aromatic N) is 1. The molecule has 7 heteroatoms. The van der Waals surface area contributed by atoms with E-state index in [1.54, 1.807) is 30.3 Å².